The van der Waals surface area contributed by atoms with E-state index in [1.807, 2.05) is 22.9 Å². The summed E-state index contributed by atoms with van der Waals surface area (Å²) in [5.41, 5.74) is 2.02. The van der Waals surface area contributed by atoms with Crippen LogP contribution in [0.15, 0.2) is 61.1 Å². The third kappa shape index (κ3) is 3.16. The molecule has 0 saturated carbocycles. The van der Waals surface area contributed by atoms with Crippen molar-refractivity contribution in [3.63, 3.8) is 0 Å². The van der Waals surface area contributed by atoms with Crippen LogP contribution in [0.4, 0.5) is 4.39 Å². The van der Waals surface area contributed by atoms with Crippen molar-refractivity contribution in [2.75, 3.05) is 6.54 Å². The number of fused-ring (bicyclic) bond motifs is 1. The summed E-state index contributed by atoms with van der Waals surface area (Å²) >= 11 is 0. The Bertz CT molecular complexity index is 1060. The quantitative estimate of drug-likeness (QED) is 0.598. The number of hydrogen-bond acceptors (Lipinski definition) is 4. The minimum absolute atomic E-state index is 0.192. The van der Waals surface area contributed by atoms with Gasteiger partial charge in [0.2, 0.25) is 0 Å². The standard InChI is InChI=1S/C18H15FN6O/c19-15-5-4-13-6-8-24(17(13)11-15)9-7-20-18(26)14-2-1-3-16(10-14)25-12-21-22-23-25/h1-6,8,10-12H,7,9H2,(H,20,26). The van der Waals surface area contributed by atoms with Gasteiger partial charge >= 0.3 is 0 Å². The molecule has 0 atom stereocenters. The molecule has 1 N–H and O–H groups in total. The van der Waals surface area contributed by atoms with Crippen molar-refractivity contribution in [1.29, 1.82) is 0 Å². The van der Waals surface area contributed by atoms with Gasteiger partial charge in [-0.15, -0.1) is 5.10 Å². The first-order chi connectivity index (χ1) is 12.7. The molecule has 4 aromatic rings. The van der Waals surface area contributed by atoms with Crippen molar-refractivity contribution >= 4 is 16.8 Å². The van der Waals surface area contributed by atoms with E-state index in [0.29, 0.717) is 24.3 Å². The van der Waals surface area contributed by atoms with Crippen molar-refractivity contribution in [3.8, 4) is 5.69 Å². The number of benzene rings is 2. The molecular weight excluding hydrogens is 335 g/mol. The van der Waals surface area contributed by atoms with Crippen molar-refractivity contribution in [3.05, 3.63) is 72.4 Å². The molecule has 0 aliphatic heterocycles. The summed E-state index contributed by atoms with van der Waals surface area (Å²) in [6.45, 7) is 0.972. The van der Waals surface area contributed by atoms with Crippen LogP contribution in [0.25, 0.3) is 16.6 Å². The van der Waals surface area contributed by atoms with Crippen molar-refractivity contribution in [2.45, 2.75) is 6.54 Å². The van der Waals surface area contributed by atoms with Gasteiger partial charge < -0.3 is 9.88 Å². The predicted molar refractivity (Wildman–Crippen MR) is 93.4 cm³/mol. The molecule has 4 rings (SSSR count). The van der Waals surface area contributed by atoms with E-state index in [-0.39, 0.29) is 11.7 Å². The molecule has 0 spiro atoms. The van der Waals surface area contributed by atoms with Gasteiger partial charge in [0, 0.05) is 24.8 Å². The van der Waals surface area contributed by atoms with E-state index >= 15 is 0 Å². The Labute approximate surface area is 148 Å². The van der Waals surface area contributed by atoms with Crippen LogP contribution in [0.2, 0.25) is 0 Å². The van der Waals surface area contributed by atoms with E-state index < -0.39 is 0 Å². The summed E-state index contributed by atoms with van der Waals surface area (Å²) in [7, 11) is 0. The van der Waals surface area contributed by atoms with Crippen LogP contribution < -0.4 is 5.32 Å². The molecule has 2 aromatic carbocycles. The Hall–Kier alpha value is -3.55. The largest absolute Gasteiger partial charge is 0.350 e. The fourth-order valence-corrected chi connectivity index (χ4v) is 2.81. The second-order valence-corrected chi connectivity index (χ2v) is 5.77. The summed E-state index contributed by atoms with van der Waals surface area (Å²) in [5.74, 6) is -0.469. The third-order valence-electron chi connectivity index (χ3n) is 4.10. The molecule has 0 fully saturated rings. The van der Waals surface area contributed by atoms with Crippen LogP contribution in [0.5, 0.6) is 0 Å². The highest BCUT2D eigenvalue weighted by molar-refractivity contribution is 5.94. The van der Waals surface area contributed by atoms with Crippen LogP contribution in [0, 0.1) is 5.82 Å². The van der Waals surface area contributed by atoms with Gasteiger partial charge in [-0.3, -0.25) is 4.79 Å². The van der Waals surface area contributed by atoms with Gasteiger partial charge in [-0.25, -0.2) is 9.07 Å². The molecule has 130 valence electrons. The Morgan fingerprint density at radius 1 is 1.15 bits per heavy atom. The van der Waals surface area contributed by atoms with E-state index in [0.717, 1.165) is 10.9 Å². The zero-order valence-corrected chi connectivity index (χ0v) is 13.7. The van der Waals surface area contributed by atoms with Crippen molar-refractivity contribution in [1.82, 2.24) is 30.1 Å². The van der Waals surface area contributed by atoms with Crippen LogP contribution in [0.1, 0.15) is 10.4 Å². The van der Waals surface area contributed by atoms with Crippen LogP contribution in [-0.4, -0.2) is 37.2 Å². The number of halogens is 1. The predicted octanol–water partition coefficient (Wildman–Crippen LogP) is 2.19. The normalized spacial score (nSPS) is 11.0. The lowest BCUT2D eigenvalue weighted by Crippen LogP contribution is -2.27. The zero-order valence-electron chi connectivity index (χ0n) is 13.7. The average Bonchev–Trinajstić information content (AvgIpc) is 3.32. The lowest BCUT2D eigenvalue weighted by atomic mass is 10.2. The minimum Gasteiger partial charge on any atom is -0.350 e. The number of rotatable bonds is 5. The number of hydrogen-bond donors (Lipinski definition) is 1. The third-order valence-corrected chi connectivity index (χ3v) is 4.10. The fourth-order valence-electron chi connectivity index (χ4n) is 2.81. The van der Waals surface area contributed by atoms with Gasteiger partial charge in [-0.2, -0.15) is 0 Å². The maximum atomic E-state index is 13.4. The molecular formula is C18H15FN6O. The maximum absolute atomic E-state index is 13.4. The molecule has 0 aliphatic rings. The number of nitrogens with zero attached hydrogens (tertiary/aromatic N) is 5. The highest BCUT2D eigenvalue weighted by Crippen LogP contribution is 2.16. The van der Waals surface area contributed by atoms with Crippen LogP contribution in [-0.2, 0) is 6.54 Å². The number of amides is 1. The van der Waals surface area contributed by atoms with E-state index in [4.69, 9.17) is 0 Å². The van der Waals surface area contributed by atoms with Gasteiger partial charge in [0.25, 0.3) is 5.91 Å². The molecule has 0 radical (unpaired) electrons. The second-order valence-electron chi connectivity index (χ2n) is 5.77. The van der Waals surface area contributed by atoms with E-state index in [9.17, 15) is 9.18 Å². The molecule has 0 bridgehead atoms. The molecule has 0 unspecified atom stereocenters. The Balaban J connectivity index is 1.42. The molecule has 0 saturated heterocycles. The SMILES string of the molecule is O=C(NCCn1ccc2ccc(F)cc21)c1cccc(-n2cnnn2)c1. The Kier molecular flexibility index (Phi) is 4.14. The maximum Gasteiger partial charge on any atom is 0.251 e. The smallest absolute Gasteiger partial charge is 0.251 e. The molecule has 2 heterocycles. The summed E-state index contributed by atoms with van der Waals surface area (Å²) in [5, 5.41) is 14.8. The molecule has 2 aromatic heterocycles. The van der Waals surface area contributed by atoms with Gasteiger partial charge in [-0.1, -0.05) is 6.07 Å². The first-order valence-corrected chi connectivity index (χ1v) is 8.07. The van der Waals surface area contributed by atoms with Crippen molar-refractivity contribution < 1.29 is 9.18 Å². The number of tetrazole rings is 1. The first-order valence-electron chi connectivity index (χ1n) is 8.07. The highest BCUT2D eigenvalue weighted by atomic mass is 19.1. The van der Waals surface area contributed by atoms with Gasteiger partial charge in [0.15, 0.2) is 0 Å². The summed E-state index contributed by atoms with van der Waals surface area (Å²) in [6, 6.07) is 13.6. The zero-order chi connectivity index (χ0) is 17.9. The Morgan fingerprint density at radius 2 is 2.08 bits per heavy atom. The highest BCUT2D eigenvalue weighted by Gasteiger charge is 2.08. The molecule has 0 aliphatic carbocycles. The lowest BCUT2D eigenvalue weighted by molar-refractivity contribution is 0.0952. The van der Waals surface area contributed by atoms with Gasteiger partial charge in [0.1, 0.15) is 12.1 Å². The Morgan fingerprint density at radius 3 is 2.92 bits per heavy atom. The second kappa shape index (κ2) is 6.75. The summed E-state index contributed by atoms with van der Waals surface area (Å²) in [4.78, 5) is 12.4. The van der Waals surface area contributed by atoms with E-state index in [2.05, 4.69) is 20.8 Å². The number of carbonyl (C=O) groups excluding carboxylic acids is 1. The fraction of sp³-hybridized carbons (Fsp3) is 0.111. The summed E-state index contributed by atoms with van der Waals surface area (Å²) < 4.78 is 16.8. The topological polar surface area (TPSA) is 77.6 Å². The average molecular weight is 350 g/mol. The van der Waals surface area contributed by atoms with Gasteiger partial charge in [-0.05, 0) is 58.3 Å². The molecule has 8 heteroatoms. The van der Waals surface area contributed by atoms with E-state index in [1.165, 1.54) is 23.1 Å². The lowest BCUT2D eigenvalue weighted by Gasteiger charge is -2.09. The number of aromatic nitrogens is 5. The monoisotopic (exact) mass is 350 g/mol. The molecule has 7 nitrogen and oxygen atoms in total. The van der Waals surface area contributed by atoms with Gasteiger partial charge in [0.05, 0.1) is 11.2 Å². The van der Waals surface area contributed by atoms with Crippen molar-refractivity contribution in [2.24, 2.45) is 0 Å². The minimum atomic E-state index is -0.277. The number of carbonyl (C=O) groups is 1. The first kappa shape index (κ1) is 15.9. The van der Waals surface area contributed by atoms with E-state index in [1.54, 1.807) is 24.3 Å². The van der Waals surface area contributed by atoms with Crippen LogP contribution >= 0.6 is 0 Å². The number of nitrogens with one attached hydrogen (secondary N) is 1. The molecule has 26 heavy (non-hydrogen) atoms. The molecule has 1 amide bonds. The summed E-state index contributed by atoms with van der Waals surface area (Å²) in [6.07, 6.45) is 3.35. The van der Waals surface area contributed by atoms with Crippen LogP contribution in [0.3, 0.4) is 0 Å².